The fourth-order valence-corrected chi connectivity index (χ4v) is 11.2. The Morgan fingerprint density at radius 2 is 0.284 bits per heavy atom. The highest BCUT2D eigenvalue weighted by Gasteiger charge is 2.21. The largest absolute Gasteiger partial charge is 0.311 e. The lowest BCUT2D eigenvalue weighted by atomic mass is 10.0. The molecule has 0 fully saturated rings. The van der Waals surface area contributed by atoms with Crippen molar-refractivity contribution in [1.82, 2.24) is 19.9 Å². The zero-order valence-corrected chi connectivity index (χ0v) is 48.1. The number of benzene rings is 12. The Labute approximate surface area is 513 Å². The van der Waals surface area contributed by atoms with Crippen LogP contribution in [0, 0.1) is 0 Å². The smallest absolute Gasteiger partial charge is 0.198 e. The third-order valence-corrected chi connectivity index (χ3v) is 15.5. The molecule has 0 amide bonds. The molecule has 0 aliphatic carbocycles. The average molecular weight is 1130 g/mol. The maximum absolute atomic E-state index is 5.42. The molecule has 88 heavy (non-hydrogen) atoms. The standard InChI is InChI=1S/C80H58N8/c1-9-25-63(26-10-1)85(64-27-11-2-12-28-64)71-49-41-59(42-50-71)75-57-76(60-43-51-72(52-44-60)86(65-29-13-3-14-30-65)66-31-15-4-16-32-66)82-79(81-75)80-83-77(61-45-53-73(54-46-61)87(67-33-17-5-18-34-67)68-35-19-6-20-36-68)58-78(84-80)62-47-55-74(56-48-62)88(69-37-21-7-22-38-69)70-39-23-8-24-40-70/h1-58H. The summed E-state index contributed by atoms with van der Waals surface area (Å²) in [4.78, 5) is 30.7. The number of anilines is 12. The lowest BCUT2D eigenvalue weighted by Crippen LogP contribution is -2.09. The molecular weight excluding hydrogens is 1070 g/mol. The van der Waals surface area contributed by atoms with E-state index in [9.17, 15) is 0 Å². The molecule has 0 bridgehead atoms. The molecule has 8 nitrogen and oxygen atoms in total. The van der Waals surface area contributed by atoms with Crippen LogP contribution in [0.1, 0.15) is 0 Å². The summed E-state index contributed by atoms with van der Waals surface area (Å²) < 4.78 is 0. The van der Waals surface area contributed by atoms with Gasteiger partial charge in [-0.2, -0.15) is 0 Å². The van der Waals surface area contributed by atoms with Gasteiger partial charge in [0.15, 0.2) is 11.6 Å². The maximum Gasteiger partial charge on any atom is 0.198 e. The van der Waals surface area contributed by atoms with Gasteiger partial charge in [-0.05, 0) is 158 Å². The SMILES string of the molecule is c1ccc(N(c2ccccc2)c2ccc(-c3cc(-c4ccc(N(c5ccccc5)c5ccccc5)cc4)nc(-c4nc(-c5ccc(N(c6ccccc6)c6ccccc6)cc5)cc(-c5ccc(N(c6ccccc6)c6ccccc6)cc5)n4)n3)cc2)cc1. The number of hydrogen-bond acceptors (Lipinski definition) is 8. The minimum Gasteiger partial charge on any atom is -0.311 e. The Kier molecular flexibility index (Phi) is 15.4. The van der Waals surface area contributed by atoms with E-state index in [1.54, 1.807) is 0 Å². The fraction of sp³-hybridized carbons (Fsp3) is 0. The Morgan fingerprint density at radius 1 is 0.148 bits per heavy atom. The number of nitrogens with zero attached hydrogens (tertiary/aromatic N) is 8. The van der Waals surface area contributed by atoms with Crippen molar-refractivity contribution in [3.05, 3.63) is 352 Å². The third kappa shape index (κ3) is 11.6. The second-order valence-corrected chi connectivity index (χ2v) is 21.1. The van der Waals surface area contributed by atoms with E-state index in [0.717, 1.165) is 113 Å². The minimum absolute atomic E-state index is 0.390. The van der Waals surface area contributed by atoms with Crippen LogP contribution < -0.4 is 19.6 Å². The predicted octanol–water partition coefficient (Wildman–Crippen LogP) is 21.5. The van der Waals surface area contributed by atoms with Crippen LogP contribution in [-0.2, 0) is 0 Å². The van der Waals surface area contributed by atoms with Gasteiger partial charge in [0.1, 0.15) is 0 Å². The van der Waals surface area contributed by atoms with E-state index < -0.39 is 0 Å². The molecule has 2 heterocycles. The molecule has 0 saturated heterocycles. The zero-order chi connectivity index (χ0) is 58.9. The van der Waals surface area contributed by atoms with E-state index in [-0.39, 0.29) is 0 Å². The van der Waals surface area contributed by atoms with Crippen LogP contribution in [0.15, 0.2) is 352 Å². The van der Waals surface area contributed by atoms with E-state index in [4.69, 9.17) is 19.9 Å². The van der Waals surface area contributed by atoms with Crippen LogP contribution in [-0.4, -0.2) is 19.9 Å². The Hall–Kier alpha value is -12.0. The molecule has 0 N–H and O–H groups in total. The van der Waals surface area contributed by atoms with Crippen molar-refractivity contribution >= 4 is 68.2 Å². The van der Waals surface area contributed by atoms with Gasteiger partial charge in [0.05, 0.1) is 22.8 Å². The summed E-state index contributed by atoms with van der Waals surface area (Å²) in [5.41, 5.74) is 19.1. The summed E-state index contributed by atoms with van der Waals surface area (Å²) >= 11 is 0. The first-order chi connectivity index (χ1) is 43.6. The molecule has 418 valence electrons. The van der Waals surface area contributed by atoms with Crippen molar-refractivity contribution in [2.45, 2.75) is 0 Å². The van der Waals surface area contributed by atoms with Crippen LogP contribution >= 0.6 is 0 Å². The fourth-order valence-electron chi connectivity index (χ4n) is 11.2. The van der Waals surface area contributed by atoms with Crippen molar-refractivity contribution in [3.63, 3.8) is 0 Å². The first kappa shape index (κ1) is 54.0. The van der Waals surface area contributed by atoms with Gasteiger partial charge in [0, 0.05) is 90.5 Å². The van der Waals surface area contributed by atoms with Crippen molar-refractivity contribution in [2.75, 3.05) is 19.6 Å². The summed E-state index contributed by atoms with van der Waals surface area (Å²) in [6.07, 6.45) is 0. The highest BCUT2D eigenvalue weighted by atomic mass is 15.2. The highest BCUT2D eigenvalue weighted by Crippen LogP contribution is 2.41. The lowest BCUT2D eigenvalue weighted by Gasteiger charge is -2.25. The van der Waals surface area contributed by atoms with Gasteiger partial charge in [-0.3, -0.25) is 0 Å². The molecule has 14 rings (SSSR count). The number of aromatic nitrogens is 4. The van der Waals surface area contributed by atoms with Gasteiger partial charge >= 0.3 is 0 Å². The molecule has 0 radical (unpaired) electrons. The van der Waals surface area contributed by atoms with E-state index in [1.807, 2.05) is 48.5 Å². The molecule has 0 aliphatic rings. The van der Waals surface area contributed by atoms with Crippen LogP contribution in [0.25, 0.3) is 56.7 Å². The summed E-state index contributed by atoms with van der Waals surface area (Å²) in [7, 11) is 0. The highest BCUT2D eigenvalue weighted by molar-refractivity contribution is 5.84. The zero-order valence-electron chi connectivity index (χ0n) is 48.1. The van der Waals surface area contributed by atoms with Gasteiger partial charge in [-0.25, -0.2) is 19.9 Å². The topological polar surface area (TPSA) is 64.5 Å². The van der Waals surface area contributed by atoms with Crippen molar-refractivity contribution < 1.29 is 0 Å². The number of para-hydroxylation sites is 8. The molecular formula is C80H58N8. The average Bonchev–Trinajstić information content (AvgIpc) is 1.63. The van der Waals surface area contributed by atoms with Gasteiger partial charge in [0.25, 0.3) is 0 Å². The first-order valence-corrected chi connectivity index (χ1v) is 29.4. The first-order valence-electron chi connectivity index (χ1n) is 29.4. The molecule has 12 aromatic carbocycles. The molecule has 0 spiro atoms. The summed E-state index contributed by atoms with van der Waals surface area (Å²) in [5, 5.41) is 0. The van der Waals surface area contributed by atoms with E-state index in [1.165, 1.54) is 0 Å². The number of rotatable bonds is 17. The molecule has 0 saturated carbocycles. The van der Waals surface area contributed by atoms with Crippen LogP contribution in [0.5, 0.6) is 0 Å². The molecule has 0 atom stereocenters. The lowest BCUT2D eigenvalue weighted by molar-refractivity contribution is 1.09. The van der Waals surface area contributed by atoms with Gasteiger partial charge in [-0.15, -0.1) is 0 Å². The molecule has 0 aliphatic heterocycles. The normalized spacial score (nSPS) is 11.0. The van der Waals surface area contributed by atoms with Crippen molar-refractivity contribution in [2.24, 2.45) is 0 Å². The second kappa shape index (κ2) is 25.1. The second-order valence-electron chi connectivity index (χ2n) is 21.1. The minimum atomic E-state index is 0.390. The van der Waals surface area contributed by atoms with Crippen LogP contribution in [0.4, 0.5) is 68.2 Å². The van der Waals surface area contributed by atoms with Crippen LogP contribution in [0.3, 0.4) is 0 Å². The predicted molar refractivity (Wildman–Crippen MR) is 364 cm³/mol. The quantitative estimate of drug-likeness (QED) is 0.0894. The van der Waals surface area contributed by atoms with E-state index >= 15 is 0 Å². The number of hydrogen-bond donors (Lipinski definition) is 0. The van der Waals surface area contributed by atoms with Gasteiger partial charge < -0.3 is 19.6 Å². The third-order valence-electron chi connectivity index (χ3n) is 15.5. The summed E-state index contributed by atoms with van der Waals surface area (Å²) in [6.45, 7) is 0. The summed E-state index contributed by atoms with van der Waals surface area (Å²) in [6, 6.07) is 122. The Balaban J connectivity index is 0.914. The molecule has 0 unspecified atom stereocenters. The molecule has 2 aromatic heterocycles. The Bertz CT molecular complexity index is 3800. The van der Waals surface area contributed by atoms with Gasteiger partial charge in [-0.1, -0.05) is 194 Å². The Morgan fingerprint density at radius 3 is 0.432 bits per heavy atom. The van der Waals surface area contributed by atoms with Gasteiger partial charge in [0.2, 0.25) is 0 Å². The monoisotopic (exact) mass is 1130 g/mol. The van der Waals surface area contributed by atoms with Crippen LogP contribution in [0.2, 0.25) is 0 Å². The van der Waals surface area contributed by atoms with Crippen molar-refractivity contribution in [3.8, 4) is 56.7 Å². The van der Waals surface area contributed by atoms with E-state index in [2.05, 4.69) is 323 Å². The maximum atomic E-state index is 5.42. The molecule has 8 heteroatoms. The van der Waals surface area contributed by atoms with Crippen molar-refractivity contribution in [1.29, 1.82) is 0 Å². The summed E-state index contributed by atoms with van der Waals surface area (Å²) in [5.74, 6) is 0.780. The molecule has 14 aromatic rings. The van der Waals surface area contributed by atoms with E-state index in [0.29, 0.717) is 11.6 Å².